The van der Waals surface area contributed by atoms with E-state index in [1.807, 2.05) is 0 Å². The predicted octanol–water partition coefficient (Wildman–Crippen LogP) is 20.0. The van der Waals surface area contributed by atoms with E-state index in [0.717, 1.165) is 64.8 Å². The summed E-state index contributed by atoms with van der Waals surface area (Å²) in [5.74, 6) is 0.867. The van der Waals surface area contributed by atoms with E-state index in [9.17, 15) is 9.59 Å². The lowest BCUT2D eigenvalue weighted by Gasteiger charge is -2.54. The molecule has 0 aromatic carbocycles. The van der Waals surface area contributed by atoms with Gasteiger partial charge in [0.25, 0.3) is 0 Å². The standard InChI is InChI=1S/C66H132N4O2/c1-5-9-13-17-21-30-38-46-58-68(59-47-39-31-22-18-14-10-6-2)64(71)52-43-35-27-25-29-37-45-54-66(55-51-57-67)56-63-70(66)62-50-42-34-26-28-36-44-53-65(72)69(60-48-40-32-23-19-15-11-7-3)61-49-41-33-24-20-16-12-8-4/h5-63,67H2,1-4H3. The van der Waals surface area contributed by atoms with Crippen LogP contribution in [0.1, 0.15) is 362 Å². The number of nitrogens with zero attached hydrogens (tertiary/aromatic N) is 3. The van der Waals surface area contributed by atoms with Gasteiger partial charge in [0.2, 0.25) is 11.8 Å². The highest BCUT2D eigenvalue weighted by Crippen LogP contribution is 2.40. The Morgan fingerprint density at radius 1 is 0.347 bits per heavy atom. The SMILES string of the molecule is CCCCCCCCCCN(CCCCCCCCCC)C(=O)CCCCCCCCCN1CCC1(CCCN)CCCCCCCCCC(=O)N(CCCCCCCCCC)CCCCCCCCCC. The monoisotopic (exact) mass is 1010 g/mol. The van der Waals surface area contributed by atoms with E-state index in [4.69, 9.17) is 5.73 Å². The molecule has 1 unspecified atom stereocenters. The van der Waals surface area contributed by atoms with Crippen molar-refractivity contribution in [2.45, 2.75) is 367 Å². The molecule has 0 spiro atoms. The number of likely N-dealkylation sites (tertiary alicyclic amines) is 1. The largest absolute Gasteiger partial charge is 0.343 e. The maximum atomic E-state index is 13.4. The molecule has 0 aliphatic carbocycles. The molecule has 0 radical (unpaired) electrons. The van der Waals surface area contributed by atoms with Crippen molar-refractivity contribution in [3.8, 4) is 0 Å². The van der Waals surface area contributed by atoms with Gasteiger partial charge in [0.05, 0.1) is 0 Å². The lowest BCUT2D eigenvalue weighted by molar-refractivity contribution is -0.132. The van der Waals surface area contributed by atoms with Gasteiger partial charge in [0.1, 0.15) is 0 Å². The van der Waals surface area contributed by atoms with Crippen LogP contribution >= 0.6 is 0 Å². The van der Waals surface area contributed by atoms with Gasteiger partial charge < -0.3 is 15.5 Å². The molecular weight excluding hydrogens is 881 g/mol. The lowest BCUT2D eigenvalue weighted by atomic mass is 9.76. The molecule has 6 heteroatoms. The molecule has 0 aromatic heterocycles. The minimum absolute atomic E-state index is 0.414. The fourth-order valence-corrected chi connectivity index (χ4v) is 11.9. The summed E-state index contributed by atoms with van der Waals surface area (Å²) in [5, 5.41) is 0. The first-order valence-corrected chi connectivity index (χ1v) is 33.5. The first-order valence-electron chi connectivity index (χ1n) is 33.5. The zero-order chi connectivity index (χ0) is 52.1. The Balaban J connectivity index is 2.31. The molecule has 1 atom stereocenters. The van der Waals surface area contributed by atoms with Gasteiger partial charge in [-0.1, -0.05) is 278 Å². The predicted molar refractivity (Wildman–Crippen MR) is 319 cm³/mol. The summed E-state index contributed by atoms with van der Waals surface area (Å²) in [6.45, 7) is 16.5. The molecule has 1 saturated heterocycles. The maximum Gasteiger partial charge on any atom is 0.222 e. The second kappa shape index (κ2) is 53.3. The zero-order valence-electron chi connectivity index (χ0n) is 50.0. The summed E-state index contributed by atoms with van der Waals surface area (Å²) in [4.78, 5) is 34.2. The number of amides is 2. The van der Waals surface area contributed by atoms with Gasteiger partial charge in [-0.3, -0.25) is 14.5 Å². The molecule has 1 fully saturated rings. The van der Waals surface area contributed by atoms with Crippen molar-refractivity contribution < 1.29 is 9.59 Å². The summed E-state index contributed by atoms with van der Waals surface area (Å²) < 4.78 is 0. The van der Waals surface area contributed by atoms with Crippen molar-refractivity contribution in [2.24, 2.45) is 5.73 Å². The molecule has 1 aliphatic rings. The normalized spacial score (nSPS) is 14.8. The Hall–Kier alpha value is -1.14. The van der Waals surface area contributed by atoms with Gasteiger partial charge in [-0.15, -0.1) is 0 Å². The summed E-state index contributed by atoms with van der Waals surface area (Å²) in [7, 11) is 0. The quantitative estimate of drug-likeness (QED) is 0.0617. The Morgan fingerprint density at radius 3 is 0.903 bits per heavy atom. The van der Waals surface area contributed by atoms with E-state index < -0.39 is 0 Å². The minimum atomic E-state index is 0.414. The van der Waals surface area contributed by atoms with Crippen molar-refractivity contribution in [2.75, 3.05) is 45.8 Å². The molecule has 2 amide bonds. The van der Waals surface area contributed by atoms with Gasteiger partial charge in [-0.05, 0) is 83.7 Å². The molecule has 72 heavy (non-hydrogen) atoms. The van der Waals surface area contributed by atoms with Crippen LogP contribution in [0.25, 0.3) is 0 Å². The average Bonchev–Trinajstić information content (AvgIpc) is 3.38. The molecule has 2 N–H and O–H groups in total. The molecule has 1 heterocycles. The fourth-order valence-electron chi connectivity index (χ4n) is 11.9. The smallest absolute Gasteiger partial charge is 0.222 e. The van der Waals surface area contributed by atoms with Crippen LogP contribution in [0, 0.1) is 0 Å². The third-order valence-corrected chi connectivity index (χ3v) is 17.0. The van der Waals surface area contributed by atoms with Crippen LogP contribution in [-0.2, 0) is 9.59 Å². The van der Waals surface area contributed by atoms with Crippen LogP contribution in [0.5, 0.6) is 0 Å². The van der Waals surface area contributed by atoms with E-state index in [1.54, 1.807) is 0 Å². The Bertz CT molecular complexity index is 1090. The fraction of sp³-hybridized carbons (Fsp3) is 0.970. The number of hydrogen-bond donors (Lipinski definition) is 1. The Kier molecular flexibility index (Phi) is 51.0. The second-order valence-electron chi connectivity index (χ2n) is 23.7. The first-order chi connectivity index (χ1) is 35.5. The molecule has 1 rings (SSSR count). The van der Waals surface area contributed by atoms with Crippen LogP contribution in [0.4, 0.5) is 0 Å². The van der Waals surface area contributed by atoms with Gasteiger partial charge in [-0.25, -0.2) is 0 Å². The highest BCUT2D eigenvalue weighted by atomic mass is 16.2. The van der Waals surface area contributed by atoms with Crippen LogP contribution in [0.2, 0.25) is 0 Å². The van der Waals surface area contributed by atoms with Crippen molar-refractivity contribution >= 4 is 11.8 Å². The van der Waals surface area contributed by atoms with Crippen molar-refractivity contribution in [3.05, 3.63) is 0 Å². The van der Waals surface area contributed by atoms with Crippen LogP contribution in [-0.4, -0.2) is 77.9 Å². The van der Waals surface area contributed by atoms with Crippen LogP contribution < -0.4 is 5.73 Å². The molecule has 0 bridgehead atoms. The minimum Gasteiger partial charge on any atom is -0.343 e. The highest BCUT2D eigenvalue weighted by molar-refractivity contribution is 5.76. The molecular formula is C66H132N4O2. The van der Waals surface area contributed by atoms with E-state index in [1.165, 1.54) is 315 Å². The number of carbonyl (C=O) groups excluding carboxylic acids is 2. The number of rotatable bonds is 59. The maximum absolute atomic E-state index is 13.4. The molecule has 6 nitrogen and oxygen atoms in total. The van der Waals surface area contributed by atoms with E-state index >= 15 is 0 Å². The highest BCUT2D eigenvalue weighted by Gasteiger charge is 2.42. The number of hydrogen-bond acceptors (Lipinski definition) is 4. The van der Waals surface area contributed by atoms with Crippen LogP contribution in [0.3, 0.4) is 0 Å². The Labute approximate surface area is 452 Å². The molecule has 1 aliphatic heterocycles. The van der Waals surface area contributed by atoms with Crippen molar-refractivity contribution in [1.29, 1.82) is 0 Å². The Morgan fingerprint density at radius 2 is 0.611 bits per heavy atom. The summed E-state index contributed by atoms with van der Waals surface area (Å²) in [6.07, 6.45) is 67.0. The zero-order valence-corrected chi connectivity index (χ0v) is 50.0. The van der Waals surface area contributed by atoms with E-state index in [2.05, 4.69) is 42.4 Å². The lowest BCUT2D eigenvalue weighted by Crippen LogP contribution is -2.60. The number of carbonyl (C=O) groups is 2. The van der Waals surface area contributed by atoms with Crippen molar-refractivity contribution in [3.63, 3.8) is 0 Å². The number of unbranched alkanes of at least 4 members (excludes halogenated alkanes) is 40. The molecule has 428 valence electrons. The van der Waals surface area contributed by atoms with Gasteiger partial charge in [-0.2, -0.15) is 0 Å². The second-order valence-corrected chi connectivity index (χ2v) is 23.7. The van der Waals surface area contributed by atoms with Crippen molar-refractivity contribution in [1.82, 2.24) is 14.7 Å². The third-order valence-electron chi connectivity index (χ3n) is 17.0. The molecule has 0 aromatic rings. The van der Waals surface area contributed by atoms with Gasteiger partial charge >= 0.3 is 0 Å². The topological polar surface area (TPSA) is 69.9 Å². The van der Waals surface area contributed by atoms with Crippen LogP contribution in [0.15, 0.2) is 0 Å². The number of nitrogens with two attached hydrogens (primary N) is 1. The first kappa shape index (κ1) is 68.9. The molecule has 0 saturated carbocycles. The summed E-state index contributed by atoms with van der Waals surface area (Å²) in [5.41, 5.74) is 6.49. The summed E-state index contributed by atoms with van der Waals surface area (Å²) in [6, 6.07) is 0. The summed E-state index contributed by atoms with van der Waals surface area (Å²) >= 11 is 0. The van der Waals surface area contributed by atoms with E-state index in [-0.39, 0.29) is 0 Å². The average molecular weight is 1010 g/mol. The third kappa shape index (κ3) is 40.2. The van der Waals surface area contributed by atoms with E-state index in [0.29, 0.717) is 17.4 Å². The van der Waals surface area contributed by atoms with Gasteiger partial charge in [0, 0.05) is 51.1 Å². The van der Waals surface area contributed by atoms with Gasteiger partial charge in [0.15, 0.2) is 0 Å².